The normalized spacial score (nSPS) is 16.2. The average Bonchev–Trinajstić information content (AvgIpc) is 2.74. The molecule has 0 fully saturated rings. The van der Waals surface area contributed by atoms with E-state index in [-0.39, 0.29) is 33.5 Å². The molecule has 0 radical (unpaired) electrons. The van der Waals surface area contributed by atoms with Crippen molar-refractivity contribution in [2.45, 2.75) is 11.6 Å². The maximum Gasteiger partial charge on any atom is 0.409 e. The second kappa shape index (κ2) is 5.53. The van der Waals surface area contributed by atoms with Crippen LogP contribution in [-0.4, -0.2) is 55.9 Å². The number of ether oxygens (including phenoxy) is 3. The van der Waals surface area contributed by atoms with Gasteiger partial charge in [0.1, 0.15) is 0 Å². The fraction of sp³-hybridized carbons (Fsp3) is 0.111. The third-order valence-electron chi connectivity index (χ3n) is 4.91. The zero-order valence-electron chi connectivity index (χ0n) is 15.4. The maximum absolute atomic E-state index is 12.3. The molecule has 8 aromatic heterocycles. The first-order valence-corrected chi connectivity index (χ1v) is 8.72. The van der Waals surface area contributed by atoms with Crippen molar-refractivity contribution in [1.29, 1.82) is 0 Å². The summed E-state index contributed by atoms with van der Waals surface area (Å²) in [5, 5.41) is 39.1. The third kappa shape index (κ3) is 2.18. The van der Waals surface area contributed by atoms with Crippen LogP contribution in [0.25, 0.3) is 44.7 Å². The molecular formula is C18H6O15. The van der Waals surface area contributed by atoms with E-state index in [0.717, 1.165) is 12.1 Å². The number of aliphatic carboxylic acids is 2. The molecule has 168 valence electrons. The molecule has 10 rings (SSSR count). The summed E-state index contributed by atoms with van der Waals surface area (Å²) in [6.07, 6.45) is 0. The molecule has 0 aliphatic heterocycles. The smallest absolute Gasteiger partial charge is 0.409 e. The minimum Gasteiger partial charge on any atom is -0.476 e. The number of hydrogen-bond acceptors (Lipinski definition) is 13. The highest BCUT2D eigenvalue weighted by Gasteiger charge is 2.57. The lowest BCUT2D eigenvalue weighted by molar-refractivity contribution is -0.227. The van der Waals surface area contributed by atoms with Crippen molar-refractivity contribution in [2.75, 3.05) is 0 Å². The van der Waals surface area contributed by atoms with Crippen molar-refractivity contribution in [3.05, 3.63) is 12.1 Å². The van der Waals surface area contributed by atoms with Gasteiger partial charge in [0.15, 0.2) is 22.7 Å². The summed E-state index contributed by atoms with van der Waals surface area (Å²) in [6.45, 7) is 0. The monoisotopic (exact) mass is 462 g/mol. The summed E-state index contributed by atoms with van der Waals surface area (Å²) in [7, 11) is 0. The van der Waals surface area contributed by atoms with E-state index in [4.69, 9.17) is 27.1 Å². The summed E-state index contributed by atoms with van der Waals surface area (Å²) in [5.41, 5.74) is 1.15. The zero-order chi connectivity index (χ0) is 23.4. The van der Waals surface area contributed by atoms with E-state index < -0.39 is 47.0 Å². The van der Waals surface area contributed by atoms with Gasteiger partial charge in [-0.2, -0.15) is 0 Å². The number of rotatable bonds is 8. The second-order valence-corrected chi connectivity index (χ2v) is 6.91. The Morgan fingerprint density at radius 2 is 1.03 bits per heavy atom. The Labute approximate surface area is 176 Å². The molecule has 2 aromatic carbocycles. The predicted molar refractivity (Wildman–Crippen MR) is 94.2 cm³/mol. The highest BCUT2D eigenvalue weighted by atomic mass is 16.7. The fourth-order valence-corrected chi connectivity index (χ4v) is 3.15. The third-order valence-corrected chi connectivity index (χ3v) is 4.91. The van der Waals surface area contributed by atoms with Crippen LogP contribution in [0.5, 0.6) is 11.5 Å². The highest BCUT2D eigenvalue weighted by Crippen LogP contribution is 2.47. The fourth-order valence-electron chi connectivity index (χ4n) is 3.15. The standard InChI is InChI=1S/C18H6O15/c19-13(20)17(25,32-5-1-3-7-11(27-3)9(5)29-7)15(23)31-16(24)18(26,14(21)22)33-6-2-4-8-12(28-4)10(6)30-8/h1-2,25-26H,(H,19,20)(H,21,22). The number of benzene rings is 2. The van der Waals surface area contributed by atoms with Gasteiger partial charge in [-0.05, 0) is 0 Å². The van der Waals surface area contributed by atoms with Crippen LogP contribution in [0.15, 0.2) is 29.8 Å². The molecule has 2 atom stereocenters. The first kappa shape index (κ1) is 19.0. The summed E-state index contributed by atoms with van der Waals surface area (Å²) in [4.78, 5) is 47.8. The summed E-state index contributed by atoms with van der Waals surface area (Å²) < 4.78 is 34.0. The number of carboxylic acids is 2. The van der Waals surface area contributed by atoms with Crippen molar-refractivity contribution in [2.24, 2.45) is 0 Å². The first-order chi connectivity index (χ1) is 15.5. The summed E-state index contributed by atoms with van der Waals surface area (Å²) in [6, 6.07) is 2.19. The van der Waals surface area contributed by atoms with Crippen LogP contribution in [-0.2, 0) is 23.9 Å². The molecule has 0 spiro atoms. The number of carboxylic acid groups (broad SMARTS) is 2. The van der Waals surface area contributed by atoms with E-state index >= 15 is 0 Å². The lowest BCUT2D eigenvalue weighted by Gasteiger charge is -2.27. The van der Waals surface area contributed by atoms with Gasteiger partial charge in [-0.3, -0.25) is 0 Å². The molecule has 0 saturated heterocycles. The van der Waals surface area contributed by atoms with Gasteiger partial charge in [-0.1, -0.05) is 0 Å². The first-order valence-electron chi connectivity index (χ1n) is 8.72. The van der Waals surface area contributed by atoms with Crippen molar-refractivity contribution in [1.82, 2.24) is 0 Å². The molecule has 15 nitrogen and oxygen atoms in total. The van der Waals surface area contributed by atoms with Gasteiger partial charge < -0.3 is 52.3 Å². The van der Waals surface area contributed by atoms with E-state index in [2.05, 4.69) is 4.74 Å². The molecule has 0 aliphatic rings. The second-order valence-electron chi connectivity index (χ2n) is 6.91. The Bertz CT molecular complexity index is 1530. The molecule has 0 saturated carbocycles. The number of aliphatic hydroxyl groups is 2. The molecule has 8 heterocycles. The molecule has 15 heteroatoms. The predicted octanol–water partition coefficient (Wildman–Crippen LogP) is 0.497. The molecular weight excluding hydrogens is 456 g/mol. The van der Waals surface area contributed by atoms with Crippen LogP contribution >= 0.6 is 0 Å². The van der Waals surface area contributed by atoms with Gasteiger partial charge in [0.05, 0.1) is 0 Å². The van der Waals surface area contributed by atoms with Crippen molar-refractivity contribution in [3.63, 3.8) is 0 Å². The van der Waals surface area contributed by atoms with Gasteiger partial charge in [0, 0.05) is 12.1 Å². The van der Waals surface area contributed by atoms with Crippen LogP contribution in [0.3, 0.4) is 0 Å². The van der Waals surface area contributed by atoms with Gasteiger partial charge in [0.25, 0.3) is 0 Å². The van der Waals surface area contributed by atoms with Gasteiger partial charge in [-0.15, -0.1) is 0 Å². The lowest BCUT2D eigenvalue weighted by atomic mass is 10.2. The molecule has 33 heavy (non-hydrogen) atoms. The number of esters is 2. The van der Waals surface area contributed by atoms with E-state index in [0.29, 0.717) is 11.2 Å². The summed E-state index contributed by atoms with van der Waals surface area (Å²) >= 11 is 0. The lowest BCUT2D eigenvalue weighted by Crippen LogP contribution is -2.58. The number of hydrogen-bond donors (Lipinski definition) is 4. The van der Waals surface area contributed by atoms with Gasteiger partial charge in [-0.25, -0.2) is 19.2 Å². The largest absolute Gasteiger partial charge is 0.476 e. The minimum atomic E-state index is -3.85. The number of carbonyl (C=O) groups is 4. The molecule has 10 aromatic rings. The Morgan fingerprint density at radius 1 is 0.636 bits per heavy atom. The molecule has 0 amide bonds. The molecule has 0 aliphatic carbocycles. The van der Waals surface area contributed by atoms with Gasteiger partial charge >= 0.3 is 35.5 Å². The SMILES string of the molecule is O=C(O)C(O)(Oc1cc2oc3c1oc23)C(=O)OC(=O)C(O)(Oc1cc2oc3c1oc23)C(=O)O. The van der Waals surface area contributed by atoms with Crippen molar-refractivity contribution < 1.29 is 71.5 Å². The summed E-state index contributed by atoms with van der Waals surface area (Å²) in [5.74, 6) is -17.8. The molecule has 4 N–H and O–H groups in total. The van der Waals surface area contributed by atoms with Crippen molar-refractivity contribution >= 4 is 68.5 Å². The van der Waals surface area contributed by atoms with Crippen LogP contribution in [0.2, 0.25) is 0 Å². The highest BCUT2D eigenvalue weighted by molar-refractivity contribution is 6.12. The Kier molecular flexibility index (Phi) is 3.18. The maximum atomic E-state index is 12.3. The minimum absolute atomic E-state index is 0.127. The van der Waals surface area contributed by atoms with Crippen LogP contribution in [0.1, 0.15) is 0 Å². The molecule has 2 unspecified atom stereocenters. The van der Waals surface area contributed by atoms with Crippen LogP contribution in [0.4, 0.5) is 0 Å². The van der Waals surface area contributed by atoms with Crippen LogP contribution in [0, 0.1) is 0 Å². The topological polar surface area (TPSA) is 229 Å². The van der Waals surface area contributed by atoms with E-state index in [9.17, 15) is 39.6 Å². The Morgan fingerprint density at radius 3 is 1.27 bits per heavy atom. The van der Waals surface area contributed by atoms with Gasteiger partial charge in [0.2, 0.25) is 33.5 Å². The number of carbonyl (C=O) groups excluding carboxylic acids is 2. The van der Waals surface area contributed by atoms with E-state index in [1.54, 1.807) is 0 Å². The quantitative estimate of drug-likeness (QED) is 0.137. The van der Waals surface area contributed by atoms with E-state index in [1.165, 1.54) is 0 Å². The molecule has 8 bridgehead atoms. The zero-order valence-corrected chi connectivity index (χ0v) is 15.4. The van der Waals surface area contributed by atoms with E-state index in [1.807, 2.05) is 0 Å². The Balaban J connectivity index is 1.25. The Hall–Kier alpha value is -4.76. The average molecular weight is 462 g/mol. The van der Waals surface area contributed by atoms with Crippen molar-refractivity contribution in [3.8, 4) is 11.5 Å². The van der Waals surface area contributed by atoms with Crippen LogP contribution < -0.4 is 9.47 Å².